The lowest BCUT2D eigenvalue weighted by Gasteiger charge is -2.18. The van der Waals surface area contributed by atoms with Gasteiger partial charge in [-0.3, -0.25) is 9.99 Å². The van der Waals surface area contributed by atoms with Crippen LogP contribution < -0.4 is 10.9 Å². The van der Waals surface area contributed by atoms with Gasteiger partial charge in [-0.05, 0) is 30.7 Å². The van der Waals surface area contributed by atoms with Gasteiger partial charge in [-0.15, -0.1) is 0 Å². The lowest BCUT2D eigenvalue weighted by molar-refractivity contribution is 0.598. The van der Waals surface area contributed by atoms with Crippen molar-refractivity contribution in [3.8, 4) is 0 Å². The maximum absolute atomic E-state index is 11.3. The van der Waals surface area contributed by atoms with Crippen LogP contribution in [0.15, 0.2) is 41.8 Å². The Hall–Kier alpha value is -1.99. The minimum absolute atomic E-state index is 0.0204. The van der Waals surface area contributed by atoms with Crippen molar-refractivity contribution >= 4 is 21.2 Å². The number of rotatable bonds is 3. The normalized spacial score (nSPS) is 11.3. The standard InChI is InChI=1S/C12H14N4O2S/c1-9-5-11(7-14-6-9)16(13)10-3-4-12(15-8-10)19(2,17)18/h3-8H,13H2,1-2H3. The van der Waals surface area contributed by atoms with E-state index >= 15 is 0 Å². The minimum Gasteiger partial charge on any atom is -0.277 e. The van der Waals surface area contributed by atoms with Crippen molar-refractivity contribution in [2.24, 2.45) is 5.84 Å². The third-order valence-electron chi connectivity index (χ3n) is 2.52. The quantitative estimate of drug-likeness (QED) is 0.670. The second kappa shape index (κ2) is 4.94. The van der Waals surface area contributed by atoms with Crippen molar-refractivity contribution in [1.29, 1.82) is 0 Å². The summed E-state index contributed by atoms with van der Waals surface area (Å²) in [5.74, 6) is 5.95. The summed E-state index contributed by atoms with van der Waals surface area (Å²) >= 11 is 0. The SMILES string of the molecule is Cc1cncc(N(N)c2ccc(S(C)(=O)=O)nc2)c1. The molecule has 0 amide bonds. The number of nitrogens with two attached hydrogens (primary N) is 1. The first-order chi connectivity index (χ1) is 8.88. The fraction of sp³-hybridized carbons (Fsp3) is 0.167. The molecule has 0 bridgehead atoms. The van der Waals surface area contributed by atoms with E-state index in [1.165, 1.54) is 17.3 Å². The van der Waals surface area contributed by atoms with Crippen LogP contribution in [-0.2, 0) is 9.84 Å². The van der Waals surface area contributed by atoms with Crippen molar-refractivity contribution in [1.82, 2.24) is 9.97 Å². The number of hydrogen-bond donors (Lipinski definition) is 1. The van der Waals surface area contributed by atoms with Crippen LogP contribution in [0.4, 0.5) is 11.4 Å². The Bertz CT molecular complexity index is 683. The zero-order valence-corrected chi connectivity index (χ0v) is 11.4. The molecular formula is C12H14N4O2S. The second-order valence-electron chi connectivity index (χ2n) is 4.22. The highest BCUT2D eigenvalue weighted by molar-refractivity contribution is 7.90. The molecule has 0 radical (unpaired) electrons. The van der Waals surface area contributed by atoms with E-state index in [2.05, 4.69) is 9.97 Å². The van der Waals surface area contributed by atoms with Crippen LogP contribution >= 0.6 is 0 Å². The van der Waals surface area contributed by atoms with Gasteiger partial charge in [-0.2, -0.15) is 0 Å². The topological polar surface area (TPSA) is 89.2 Å². The second-order valence-corrected chi connectivity index (χ2v) is 6.18. The van der Waals surface area contributed by atoms with E-state index in [-0.39, 0.29) is 5.03 Å². The third kappa shape index (κ3) is 3.07. The van der Waals surface area contributed by atoms with Gasteiger partial charge in [0.15, 0.2) is 14.9 Å². The highest BCUT2D eigenvalue weighted by Crippen LogP contribution is 2.21. The molecule has 2 rings (SSSR count). The van der Waals surface area contributed by atoms with E-state index in [4.69, 9.17) is 5.84 Å². The van der Waals surface area contributed by atoms with E-state index in [1.54, 1.807) is 18.5 Å². The molecule has 0 aliphatic heterocycles. The monoisotopic (exact) mass is 278 g/mol. The maximum Gasteiger partial charge on any atom is 0.192 e. The van der Waals surface area contributed by atoms with E-state index in [0.29, 0.717) is 11.4 Å². The lowest BCUT2D eigenvalue weighted by Crippen LogP contribution is -2.25. The third-order valence-corrected chi connectivity index (χ3v) is 3.52. The zero-order valence-electron chi connectivity index (χ0n) is 10.6. The Balaban J connectivity index is 2.32. The largest absolute Gasteiger partial charge is 0.277 e. The Kier molecular flexibility index (Phi) is 3.50. The number of nitrogens with zero attached hydrogens (tertiary/aromatic N) is 3. The minimum atomic E-state index is -3.30. The van der Waals surface area contributed by atoms with E-state index in [1.807, 2.05) is 13.0 Å². The number of sulfone groups is 1. The molecule has 0 unspecified atom stereocenters. The average molecular weight is 278 g/mol. The summed E-state index contributed by atoms with van der Waals surface area (Å²) in [4.78, 5) is 7.94. The van der Waals surface area contributed by atoms with Crippen LogP contribution in [0.1, 0.15) is 5.56 Å². The fourth-order valence-electron chi connectivity index (χ4n) is 1.55. The van der Waals surface area contributed by atoms with Gasteiger partial charge in [0, 0.05) is 12.5 Å². The summed E-state index contributed by atoms with van der Waals surface area (Å²) in [6.07, 6.45) is 5.87. The Morgan fingerprint density at radius 2 is 1.89 bits per heavy atom. The molecule has 0 spiro atoms. The van der Waals surface area contributed by atoms with Gasteiger partial charge in [0.25, 0.3) is 0 Å². The van der Waals surface area contributed by atoms with Crippen LogP contribution in [-0.4, -0.2) is 24.6 Å². The van der Waals surface area contributed by atoms with Crippen molar-refractivity contribution in [2.45, 2.75) is 11.9 Å². The number of aryl methyl sites for hydroxylation is 1. The lowest BCUT2D eigenvalue weighted by atomic mass is 10.3. The summed E-state index contributed by atoms with van der Waals surface area (Å²) < 4.78 is 22.6. The molecule has 2 heterocycles. The first-order valence-corrected chi connectivity index (χ1v) is 7.39. The zero-order chi connectivity index (χ0) is 14.0. The van der Waals surface area contributed by atoms with Gasteiger partial charge in [0.2, 0.25) is 0 Å². The van der Waals surface area contributed by atoms with Crippen molar-refractivity contribution in [2.75, 3.05) is 11.3 Å². The van der Waals surface area contributed by atoms with Crippen LogP contribution in [0.5, 0.6) is 0 Å². The summed E-state index contributed by atoms with van der Waals surface area (Å²) in [7, 11) is -3.30. The van der Waals surface area contributed by atoms with Gasteiger partial charge in [-0.25, -0.2) is 19.2 Å². The first-order valence-electron chi connectivity index (χ1n) is 5.50. The molecule has 6 nitrogen and oxygen atoms in total. The number of pyridine rings is 2. The molecule has 7 heteroatoms. The molecule has 0 aliphatic rings. The van der Waals surface area contributed by atoms with Gasteiger partial charge in [0.05, 0.1) is 23.8 Å². The Morgan fingerprint density at radius 3 is 2.42 bits per heavy atom. The molecule has 100 valence electrons. The molecule has 2 aromatic rings. The Labute approximate surface area is 111 Å². The van der Waals surface area contributed by atoms with Crippen molar-refractivity contribution in [3.63, 3.8) is 0 Å². The number of hydrogen-bond acceptors (Lipinski definition) is 6. The molecule has 0 aromatic carbocycles. The van der Waals surface area contributed by atoms with E-state index in [0.717, 1.165) is 11.8 Å². The number of anilines is 2. The van der Waals surface area contributed by atoms with E-state index < -0.39 is 9.84 Å². The van der Waals surface area contributed by atoms with Gasteiger partial charge >= 0.3 is 0 Å². The molecule has 0 atom stereocenters. The first kappa shape index (κ1) is 13.4. The summed E-state index contributed by atoms with van der Waals surface area (Å²) in [6, 6.07) is 4.90. The summed E-state index contributed by atoms with van der Waals surface area (Å²) in [5.41, 5.74) is 2.27. The molecule has 0 fully saturated rings. The smallest absolute Gasteiger partial charge is 0.192 e. The Morgan fingerprint density at radius 1 is 1.16 bits per heavy atom. The van der Waals surface area contributed by atoms with Crippen LogP contribution in [0.2, 0.25) is 0 Å². The highest BCUT2D eigenvalue weighted by Gasteiger charge is 2.10. The molecule has 19 heavy (non-hydrogen) atoms. The number of hydrazine groups is 1. The van der Waals surface area contributed by atoms with Crippen LogP contribution in [0, 0.1) is 6.92 Å². The average Bonchev–Trinajstić information content (AvgIpc) is 2.37. The highest BCUT2D eigenvalue weighted by atomic mass is 32.2. The van der Waals surface area contributed by atoms with Crippen LogP contribution in [0.3, 0.4) is 0 Å². The number of aromatic nitrogens is 2. The van der Waals surface area contributed by atoms with Crippen molar-refractivity contribution in [3.05, 3.63) is 42.4 Å². The van der Waals surface area contributed by atoms with Gasteiger partial charge in [-0.1, -0.05) is 0 Å². The van der Waals surface area contributed by atoms with Gasteiger partial charge < -0.3 is 0 Å². The van der Waals surface area contributed by atoms with Crippen molar-refractivity contribution < 1.29 is 8.42 Å². The summed E-state index contributed by atoms with van der Waals surface area (Å²) in [6.45, 7) is 1.91. The molecule has 2 N–H and O–H groups in total. The van der Waals surface area contributed by atoms with E-state index in [9.17, 15) is 8.42 Å². The molecule has 2 aromatic heterocycles. The molecule has 0 saturated heterocycles. The predicted octanol–water partition coefficient (Wildman–Crippen LogP) is 1.20. The molecule has 0 aliphatic carbocycles. The maximum atomic E-state index is 11.3. The molecule has 0 saturated carbocycles. The summed E-state index contributed by atoms with van der Waals surface area (Å²) in [5, 5.41) is 1.42. The van der Waals surface area contributed by atoms with Crippen LogP contribution in [0.25, 0.3) is 0 Å². The predicted molar refractivity (Wildman–Crippen MR) is 72.6 cm³/mol. The van der Waals surface area contributed by atoms with Gasteiger partial charge in [0.1, 0.15) is 0 Å². The molecular weight excluding hydrogens is 264 g/mol. The fourth-order valence-corrected chi connectivity index (χ4v) is 2.11.